The molecule has 28 heavy (non-hydrogen) atoms. The maximum atomic E-state index is 12.7. The van der Waals surface area contributed by atoms with Gasteiger partial charge in [0.05, 0.1) is 0 Å². The van der Waals surface area contributed by atoms with Crippen LogP contribution in [-0.4, -0.2) is 41.5 Å². The van der Waals surface area contributed by atoms with Crippen LogP contribution in [0.15, 0.2) is 35.3 Å². The highest BCUT2D eigenvalue weighted by Gasteiger charge is 2.26. The van der Waals surface area contributed by atoms with Crippen molar-refractivity contribution in [1.82, 2.24) is 15.2 Å². The number of rotatable bonds is 6. The average molecular weight is 404 g/mol. The van der Waals surface area contributed by atoms with E-state index in [1.165, 1.54) is 0 Å². The maximum absolute atomic E-state index is 12.7. The number of nitrogens with one attached hydrogen (secondary N) is 2. The summed E-state index contributed by atoms with van der Waals surface area (Å²) in [6, 6.07) is 7.16. The van der Waals surface area contributed by atoms with Gasteiger partial charge in [0.2, 0.25) is 5.91 Å². The van der Waals surface area contributed by atoms with Crippen molar-refractivity contribution in [3.8, 4) is 0 Å². The fraction of sp³-hybridized carbons (Fsp3) is 0.350. The highest BCUT2D eigenvalue weighted by atomic mass is 35.5. The molecule has 0 saturated carbocycles. The van der Waals surface area contributed by atoms with Crippen molar-refractivity contribution in [2.45, 2.75) is 26.4 Å². The molecule has 3 rings (SSSR count). The summed E-state index contributed by atoms with van der Waals surface area (Å²) in [5.41, 5.74) is 1.97. The van der Waals surface area contributed by atoms with E-state index in [-0.39, 0.29) is 24.6 Å². The number of aromatic nitrogens is 1. The number of ether oxygens (including phenoxy) is 1. The van der Waals surface area contributed by atoms with Crippen LogP contribution in [0.4, 0.5) is 0 Å². The number of carbonyl (C=O) groups excluding carboxylic acids is 2. The molecule has 0 radical (unpaired) electrons. The largest absolute Gasteiger partial charge is 0.372 e. The predicted octanol–water partition coefficient (Wildman–Crippen LogP) is 1.88. The minimum Gasteiger partial charge on any atom is -0.372 e. The molecule has 0 saturated heterocycles. The number of hydrogen-bond donors (Lipinski definition) is 2. The molecule has 8 heteroatoms. The van der Waals surface area contributed by atoms with E-state index in [2.05, 4.69) is 10.3 Å². The molecule has 1 aromatic heterocycles. The first-order valence-corrected chi connectivity index (χ1v) is 9.49. The molecule has 0 bridgehead atoms. The second-order valence-electron chi connectivity index (χ2n) is 6.51. The third-order valence-electron chi connectivity index (χ3n) is 4.64. The van der Waals surface area contributed by atoms with E-state index in [0.717, 1.165) is 11.1 Å². The maximum Gasteiger partial charge on any atom is 0.261 e. The topological polar surface area (TPSA) is 91.5 Å². The quantitative estimate of drug-likeness (QED) is 0.770. The zero-order valence-corrected chi connectivity index (χ0v) is 16.3. The van der Waals surface area contributed by atoms with Crippen molar-refractivity contribution in [2.75, 3.05) is 19.8 Å². The summed E-state index contributed by atoms with van der Waals surface area (Å²) in [4.78, 5) is 41.5. The molecule has 148 valence electrons. The number of halogens is 1. The lowest BCUT2D eigenvalue weighted by atomic mass is 9.96. The third kappa shape index (κ3) is 4.61. The number of fused-ring (bicyclic) bond motifs is 1. The molecule has 7 nitrogen and oxygen atoms in total. The molecule has 0 fully saturated rings. The molecule has 0 spiro atoms. The van der Waals surface area contributed by atoms with E-state index in [9.17, 15) is 14.4 Å². The summed E-state index contributed by atoms with van der Waals surface area (Å²) in [7, 11) is 0. The fourth-order valence-corrected chi connectivity index (χ4v) is 3.43. The number of amides is 2. The zero-order chi connectivity index (χ0) is 20.1. The van der Waals surface area contributed by atoms with E-state index >= 15 is 0 Å². The first kappa shape index (κ1) is 20.1. The van der Waals surface area contributed by atoms with Crippen molar-refractivity contribution in [2.24, 2.45) is 0 Å². The van der Waals surface area contributed by atoms with E-state index in [4.69, 9.17) is 16.3 Å². The van der Waals surface area contributed by atoms with Gasteiger partial charge in [-0.3, -0.25) is 14.4 Å². The van der Waals surface area contributed by atoms with E-state index in [1.54, 1.807) is 29.3 Å². The summed E-state index contributed by atoms with van der Waals surface area (Å²) >= 11 is 5.96. The number of benzene rings is 1. The number of aromatic amines is 1. The molecular weight excluding hydrogens is 382 g/mol. The van der Waals surface area contributed by atoms with Gasteiger partial charge in [-0.05, 0) is 42.2 Å². The Morgan fingerprint density at radius 1 is 1.36 bits per heavy atom. The van der Waals surface area contributed by atoms with Crippen molar-refractivity contribution in [1.29, 1.82) is 0 Å². The van der Waals surface area contributed by atoms with Crippen LogP contribution in [0, 0.1) is 0 Å². The molecule has 2 heterocycles. The molecule has 2 N–H and O–H groups in total. The smallest absolute Gasteiger partial charge is 0.261 e. The van der Waals surface area contributed by atoms with E-state index < -0.39 is 11.5 Å². The molecule has 2 amide bonds. The van der Waals surface area contributed by atoms with Gasteiger partial charge in [-0.2, -0.15) is 0 Å². The predicted molar refractivity (Wildman–Crippen MR) is 105 cm³/mol. The van der Waals surface area contributed by atoms with Crippen LogP contribution in [-0.2, 0) is 29.0 Å². The Hall–Kier alpha value is -2.64. The highest BCUT2D eigenvalue weighted by Crippen LogP contribution is 2.20. The zero-order valence-electron chi connectivity index (χ0n) is 15.6. The first-order chi connectivity index (χ1) is 13.5. The van der Waals surface area contributed by atoms with Crippen LogP contribution >= 0.6 is 11.6 Å². The second-order valence-corrected chi connectivity index (χ2v) is 6.95. The Kier molecular flexibility index (Phi) is 6.49. The van der Waals surface area contributed by atoms with Gasteiger partial charge in [0.1, 0.15) is 12.2 Å². The Morgan fingerprint density at radius 2 is 2.18 bits per heavy atom. The Labute approximate surface area is 167 Å². The number of carbonyl (C=O) groups is 2. The van der Waals surface area contributed by atoms with Gasteiger partial charge in [0, 0.05) is 37.5 Å². The molecule has 1 aliphatic heterocycles. The molecule has 0 aliphatic carbocycles. The lowest BCUT2D eigenvalue weighted by Crippen LogP contribution is -2.41. The van der Waals surface area contributed by atoms with Gasteiger partial charge in [0.15, 0.2) is 0 Å². The van der Waals surface area contributed by atoms with E-state index in [1.807, 2.05) is 13.0 Å². The summed E-state index contributed by atoms with van der Waals surface area (Å²) in [6.07, 6.45) is 2.02. The summed E-state index contributed by atoms with van der Waals surface area (Å²) in [6.45, 7) is 3.38. The first-order valence-electron chi connectivity index (χ1n) is 9.11. The normalized spacial score (nSPS) is 13.1. The Balaban J connectivity index is 1.75. The van der Waals surface area contributed by atoms with Gasteiger partial charge in [-0.15, -0.1) is 0 Å². The van der Waals surface area contributed by atoms with Crippen LogP contribution in [0.1, 0.15) is 34.0 Å². The van der Waals surface area contributed by atoms with Gasteiger partial charge < -0.3 is 19.9 Å². The number of nitrogens with zero attached hydrogens (tertiary/aromatic N) is 1. The van der Waals surface area contributed by atoms with Crippen molar-refractivity contribution < 1.29 is 14.3 Å². The van der Waals surface area contributed by atoms with Crippen LogP contribution in [0.25, 0.3) is 0 Å². The third-order valence-corrected chi connectivity index (χ3v) is 4.87. The van der Waals surface area contributed by atoms with E-state index in [0.29, 0.717) is 36.7 Å². The summed E-state index contributed by atoms with van der Waals surface area (Å²) in [5.74, 6) is -0.544. The monoisotopic (exact) mass is 403 g/mol. The van der Waals surface area contributed by atoms with Crippen molar-refractivity contribution in [3.05, 3.63) is 68.1 Å². The Bertz CT molecular complexity index is 941. The SMILES string of the molecule is CCOCC(=O)N1CCc2c(c[nH]c(=O)c2C(=O)NCc2cccc(Cl)c2)C1. The minimum absolute atomic E-state index is 0.0299. The van der Waals surface area contributed by atoms with Gasteiger partial charge in [-0.25, -0.2) is 0 Å². The second kappa shape index (κ2) is 9.03. The molecule has 0 atom stereocenters. The van der Waals surface area contributed by atoms with Crippen LogP contribution in [0.3, 0.4) is 0 Å². The average Bonchev–Trinajstić information content (AvgIpc) is 2.70. The molecule has 0 unspecified atom stereocenters. The summed E-state index contributed by atoms with van der Waals surface area (Å²) < 4.78 is 5.18. The lowest BCUT2D eigenvalue weighted by Gasteiger charge is -2.29. The lowest BCUT2D eigenvalue weighted by molar-refractivity contribution is -0.136. The van der Waals surface area contributed by atoms with Gasteiger partial charge in [0.25, 0.3) is 11.5 Å². The standard InChI is InChI=1S/C20H22ClN3O4/c1-2-28-12-17(25)24-7-6-16-14(11-24)10-23-20(27)18(16)19(26)22-9-13-4-3-5-15(21)8-13/h3-5,8,10H,2,6-7,9,11-12H2,1H3,(H,22,26)(H,23,27). The van der Waals surface area contributed by atoms with Gasteiger partial charge in [-0.1, -0.05) is 23.7 Å². The van der Waals surface area contributed by atoms with Crippen LogP contribution in [0.2, 0.25) is 5.02 Å². The number of H-pyrrole nitrogens is 1. The van der Waals surface area contributed by atoms with Gasteiger partial charge >= 0.3 is 0 Å². The molecular formula is C20H22ClN3O4. The summed E-state index contributed by atoms with van der Waals surface area (Å²) in [5, 5.41) is 3.36. The van der Waals surface area contributed by atoms with Crippen LogP contribution < -0.4 is 10.9 Å². The molecule has 1 aromatic carbocycles. The van der Waals surface area contributed by atoms with Crippen molar-refractivity contribution >= 4 is 23.4 Å². The Morgan fingerprint density at radius 3 is 2.93 bits per heavy atom. The number of hydrogen-bond acceptors (Lipinski definition) is 4. The fourth-order valence-electron chi connectivity index (χ4n) is 3.22. The minimum atomic E-state index is -0.438. The highest BCUT2D eigenvalue weighted by molar-refractivity contribution is 6.30. The molecule has 2 aromatic rings. The van der Waals surface area contributed by atoms with Crippen LogP contribution in [0.5, 0.6) is 0 Å². The number of pyridine rings is 1. The molecule has 1 aliphatic rings. The van der Waals surface area contributed by atoms with Crippen molar-refractivity contribution in [3.63, 3.8) is 0 Å².